The molecule has 0 aliphatic rings. The second-order valence-corrected chi connectivity index (χ2v) is 7.69. The van der Waals surface area contributed by atoms with Crippen molar-refractivity contribution in [3.8, 4) is 0 Å². The van der Waals surface area contributed by atoms with E-state index in [0.29, 0.717) is 17.4 Å². The molecule has 30 heavy (non-hydrogen) atoms. The van der Waals surface area contributed by atoms with Crippen LogP contribution >= 0.6 is 11.3 Å². The number of nitrogens with one attached hydrogen (secondary N) is 1. The molecule has 2 amide bonds. The van der Waals surface area contributed by atoms with Gasteiger partial charge in [-0.3, -0.25) is 14.5 Å². The van der Waals surface area contributed by atoms with Crippen molar-refractivity contribution in [1.82, 2.24) is 10.3 Å². The van der Waals surface area contributed by atoms with E-state index < -0.39 is 0 Å². The Balaban J connectivity index is 1.60. The van der Waals surface area contributed by atoms with E-state index in [0.717, 1.165) is 16.9 Å². The Labute approximate surface area is 180 Å². The number of benzene rings is 2. The van der Waals surface area contributed by atoms with Crippen LogP contribution in [0.5, 0.6) is 0 Å². The zero-order chi connectivity index (χ0) is 21.5. The Morgan fingerprint density at radius 3 is 2.37 bits per heavy atom. The van der Waals surface area contributed by atoms with Crippen LogP contribution < -0.4 is 15.1 Å². The molecule has 3 aromatic rings. The number of aromatic nitrogens is 1. The molecule has 3 rings (SSSR count). The average molecular weight is 421 g/mol. The van der Waals surface area contributed by atoms with Crippen molar-refractivity contribution in [3.05, 3.63) is 77.3 Å². The highest BCUT2D eigenvalue weighted by atomic mass is 32.1. The summed E-state index contributed by atoms with van der Waals surface area (Å²) in [4.78, 5) is 32.3. The smallest absolute Gasteiger partial charge is 0.244 e. The summed E-state index contributed by atoms with van der Waals surface area (Å²) in [6, 6.07) is 17.4. The highest BCUT2D eigenvalue weighted by Gasteiger charge is 2.17. The van der Waals surface area contributed by atoms with E-state index in [-0.39, 0.29) is 11.8 Å². The van der Waals surface area contributed by atoms with Crippen LogP contribution in [0, 0.1) is 0 Å². The number of carbonyl (C=O) groups excluding carboxylic acids is 2. The third-order valence-corrected chi connectivity index (χ3v) is 5.20. The number of para-hydroxylation sites is 1. The molecule has 0 aliphatic carbocycles. The Hall–Kier alpha value is -3.45. The predicted octanol–water partition coefficient (Wildman–Crippen LogP) is 4.22. The molecule has 2 aromatic carbocycles. The van der Waals surface area contributed by atoms with E-state index in [1.807, 2.05) is 79.0 Å². The summed E-state index contributed by atoms with van der Waals surface area (Å²) in [6.07, 6.45) is 3.10. The molecule has 1 aromatic heterocycles. The number of hydrogen-bond acceptors (Lipinski definition) is 5. The largest absolute Gasteiger partial charge is 0.378 e. The molecule has 1 N–H and O–H groups in total. The van der Waals surface area contributed by atoms with Crippen LogP contribution in [-0.2, 0) is 16.1 Å². The fourth-order valence-corrected chi connectivity index (χ4v) is 3.64. The standard InChI is InChI=1S/C23H24N4O2S/c1-17(28)27(21-7-5-4-6-8-21)23-25-19(16-30-23)11-14-22(29)24-15-18-9-12-20(13-10-18)26(2)3/h4-14,16H,15H2,1-3H3,(H,24,29)/b14-11+. The van der Waals surface area contributed by atoms with Crippen LogP contribution in [-0.4, -0.2) is 30.9 Å². The fraction of sp³-hybridized carbons (Fsp3) is 0.174. The van der Waals surface area contributed by atoms with Crippen LogP contribution in [0.25, 0.3) is 6.08 Å². The van der Waals surface area contributed by atoms with Crippen LogP contribution in [0.15, 0.2) is 66.1 Å². The second kappa shape index (κ2) is 9.84. The van der Waals surface area contributed by atoms with Crippen molar-refractivity contribution in [1.29, 1.82) is 0 Å². The van der Waals surface area contributed by atoms with Gasteiger partial charge in [0.25, 0.3) is 0 Å². The molecule has 0 aliphatic heterocycles. The molecular formula is C23H24N4O2S. The van der Waals surface area contributed by atoms with E-state index in [1.54, 1.807) is 11.0 Å². The van der Waals surface area contributed by atoms with Gasteiger partial charge in [-0.1, -0.05) is 30.3 Å². The first-order chi connectivity index (χ1) is 14.4. The number of carbonyl (C=O) groups is 2. The Bertz CT molecular complexity index is 1030. The van der Waals surface area contributed by atoms with Gasteiger partial charge in [-0.05, 0) is 35.9 Å². The molecule has 6 nitrogen and oxygen atoms in total. The third kappa shape index (κ3) is 5.55. The van der Waals surface area contributed by atoms with Crippen LogP contribution in [0.4, 0.5) is 16.5 Å². The molecule has 0 fully saturated rings. The van der Waals surface area contributed by atoms with Crippen LogP contribution in [0.3, 0.4) is 0 Å². The molecule has 7 heteroatoms. The maximum atomic E-state index is 12.1. The maximum Gasteiger partial charge on any atom is 0.244 e. The minimum absolute atomic E-state index is 0.121. The number of rotatable bonds is 7. The molecule has 154 valence electrons. The molecule has 1 heterocycles. The summed E-state index contributed by atoms with van der Waals surface area (Å²) < 4.78 is 0. The Kier molecular flexibility index (Phi) is 6.98. The lowest BCUT2D eigenvalue weighted by Crippen LogP contribution is -2.22. The zero-order valence-electron chi connectivity index (χ0n) is 17.2. The van der Waals surface area contributed by atoms with Crippen molar-refractivity contribution in [3.63, 3.8) is 0 Å². The van der Waals surface area contributed by atoms with E-state index >= 15 is 0 Å². The minimum Gasteiger partial charge on any atom is -0.378 e. The SMILES string of the molecule is CC(=O)N(c1ccccc1)c1nc(/C=C/C(=O)NCc2ccc(N(C)C)cc2)cs1. The number of amides is 2. The summed E-state index contributed by atoms with van der Waals surface area (Å²) in [5.74, 6) is -0.322. The Morgan fingerprint density at radius 2 is 1.73 bits per heavy atom. The van der Waals surface area contributed by atoms with Gasteiger partial charge in [-0.15, -0.1) is 11.3 Å². The fourth-order valence-electron chi connectivity index (χ4n) is 2.78. The molecule has 0 spiro atoms. The van der Waals surface area contributed by atoms with Gasteiger partial charge in [0.1, 0.15) is 0 Å². The van der Waals surface area contributed by atoms with E-state index in [2.05, 4.69) is 10.3 Å². The molecular weight excluding hydrogens is 396 g/mol. The van der Waals surface area contributed by atoms with Gasteiger partial charge in [-0.25, -0.2) is 4.98 Å². The normalized spacial score (nSPS) is 10.8. The van der Waals surface area contributed by atoms with Crippen molar-refractivity contribution in [2.75, 3.05) is 23.9 Å². The summed E-state index contributed by atoms with van der Waals surface area (Å²) in [7, 11) is 3.97. The first kappa shape index (κ1) is 21.3. The number of hydrogen-bond donors (Lipinski definition) is 1. The summed E-state index contributed by atoms with van der Waals surface area (Å²) in [5, 5.41) is 5.25. The highest BCUT2D eigenvalue weighted by Crippen LogP contribution is 2.29. The van der Waals surface area contributed by atoms with Gasteiger partial charge in [0.2, 0.25) is 11.8 Å². The average Bonchev–Trinajstić information content (AvgIpc) is 3.20. The lowest BCUT2D eigenvalue weighted by atomic mass is 10.2. The Morgan fingerprint density at radius 1 is 1.03 bits per heavy atom. The third-order valence-electron chi connectivity index (χ3n) is 4.36. The van der Waals surface area contributed by atoms with Crippen LogP contribution in [0.2, 0.25) is 0 Å². The lowest BCUT2D eigenvalue weighted by molar-refractivity contribution is -0.117. The molecule has 0 unspecified atom stereocenters. The summed E-state index contributed by atoms with van der Waals surface area (Å²) >= 11 is 1.35. The number of anilines is 3. The maximum absolute atomic E-state index is 12.1. The highest BCUT2D eigenvalue weighted by molar-refractivity contribution is 7.14. The van der Waals surface area contributed by atoms with Crippen molar-refractivity contribution >= 4 is 45.7 Å². The predicted molar refractivity (Wildman–Crippen MR) is 123 cm³/mol. The van der Waals surface area contributed by atoms with Crippen molar-refractivity contribution in [2.24, 2.45) is 0 Å². The van der Waals surface area contributed by atoms with E-state index in [1.165, 1.54) is 24.3 Å². The van der Waals surface area contributed by atoms with Crippen LogP contribution in [0.1, 0.15) is 18.2 Å². The molecule has 0 bridgehead atoms. The minimum atomic E-state index is -0.201. The van der Waals surface area contributed by atoms with Crippen molar-refractivity contribution < 1.29 is 9.59 Å². The van der Waals surface area contributed by atoms with Gasteiger partial charge in [0, 0.05) is 44.7 Å². The lowest BCUT2D eigenvalue weighted by Gasteiger charge is -2.17. The molecule has 0 saturated heterocycles. The van der Waals surface area contributed by atoms with Gasteiger partial charge in [-0.2, -0.15) is 0 Å². The topological polar surface area (TPSA) is 65.5 Å². The molecule has 0 atom stereocenters. The van der Waals surface area contributed by atoms with E-state index in [4.69, 9.17) is 0 Å². The zero-order valence-corrected chi connectivity index (χ0v) is 18.0. The van der Waals surface area contributed by atoms with Gasteiger partial charge in [0.15, 0.2) is 5.13 Å². The quantitative estimate of drug-likeness (QED) is 0.581. The number of thiazole rings is 1. The van der Waals surface area contributed by atoms with Gasteiger partial charge in [0.05, 0.1) is 11.4 Å². The van der Waals surface area contributed by atoms with Crippen molar-refractivity contribution in [2.45, 2.75) is 13.5 Å². The number of nitrogens with zero attached hydrogens (tertiary/aromatic N) is 3. The first-order valence-electron chi connectivity index (χ1n) is 9.47. The summed E-state index contributed by atoms with van der Waals surface area (Å²) in [6.45, 7) is 1.95. The monoisotopic (exact) mass is 420 g/mol. The molecule has 0 saturated carbocycles. The molecule has 0 radical (unpaired) electrons. The first-order valence-corrected chi connectivity index (χ1v) is 10.4. The summed E-state index contributed by atoms with van der Waals surface area (Å²) in [5.41, 5.74) is 3.52. The van der Waals surface area contributed by atoms with E-state index in [9.17, 15) is 9.59 Å². The van der Waals surface area contributed by atoms with Gasteiger partial charge < -0.3 is 10.2 Å². The van der Waals surface area contributed by atoms with Gasteiger partial charge >= 0.3 is 0 Å². The second-order valence-electron chi connectivity index (χ2n) is 6.86.